The number of carboxylic acids is 1. The maximum absolute atomic E-state index is 12.8. The summed E-state index contributed by atoms with van der Waals surface area (Å²) < 4.78 is 5.87. The van der Waals surface area contributed by atoms with Gasteiger partial charge in [-0.3, -0.25) is 4.79 Å². The highest BCUT2D eigenvalue weighted by atomic mass is 16.5. The van der Waals surface area contributed by atoms with Gasteiger partial charge in [-0.1, -0.05) is 26.8 Å². The number of aliphatic carboxylic acids is 1. The van der Waals surface area contributed by atoms with Gasteiger partial charge in [0.25, 0.3) is 0 Å². The quantitative estimate of drug-likeness (QED) is 0.214. The van der Waals surface area contributed by atoms with Crippen LogP contribution < -0.4 is 5.73 Å². The van der Waals surface area contributed by atoms with Crippen molar-refractivity contribution in [1.82, 2.24) is 0 Å². The first-order valence-electron chi connectivity index (χ1n) is 14.6. The highest BCUT2D eigenvalue weighted by Gasteiger charge is 2.63. The summed E-state index contributed by atoms with van der Waals surface area (Å²) in [5.74, 6) is 0.922. The Morgan fingerprint density at radius 1 is 1.08 bits per heavy atom. The Bertz CT molecular complexity index is 1070. The van der Waals surface area contributed by atoms with Crippen LogP contribution in [-0.2, 0) is 9.53 Å². The summed E-state index contributed by atoms with van der Waals surface area (Å²) in [5, 5.41) is 31.0. The Balaban J connectivity index is 1.28. The molecule has 0 saturated heterocycles. The van der Waals surface area contributed by atoms with Crippen LogP contribution in [0.3, 0.4) is 0 Å². The summed E-state index contributed by atoms with van der Waals surface area (Å²) in [5.41, 5.74) is 6.29. The zero-order valence-electron chi connectivity index (χ0n) is 23.1. The van der Waals surface area contributed by atoms with Gasteiger partial charge in [-0.15, -0.1) is 0 Å². The monoisotopic (exact) mass is 527 g/mol. The van der Waals surface area contributed by atoms with Crippen LogP contribution in [0.5, 0.6) is 5.75 Å². The van der Waals surface area contributed by atoms with Gasteiger partial charge >= 0.3 is 11.9 Å². The van der Waals surface area contributed by atoms with E-state index < -0.39 is 11.9 Å². The van der Waals surface area contributed by atoms with Crippen LogP contribution in [0.2, 0.25) is 0 Å². The highest BCUT2D eigenvalue weighted by Crippen LogP contribution is 2.68. The molecule has 0 aromatic heterocycles. The largest absolute Gasteiger partial charge is 0.505 e. The molecule has 4 saturated carbocycles. The van der Waals surface area contributed by atoms with E-state index in [2.05, 4.69) is 20.8 Å². The second-order valence-electron chi connectivity index (χ2n) is 13.5. The van der Waals surface area contributed by atoms with Gasteiger partial charge in [0.05, 0.1) is 11.8 Å². The number of ether oxygens (including phenoxy) is 1. The number of phenols is 1. The van der Waals surface area contributed by atoms with Gasteiger partial charge in [-0.2, -0.15) is 0 Å². The lowest BCUT2D eigenvalue weighted by Crippen LogP contribution is -2.58. The molecule has 0 amide bonds. The average molecular weight is 528 g/mol. The lowest BCUT2D eigenvalue weighted by molar-refractivity contribution is -0.174. The van der Waals surface area contributed by atoms with Crippen molar-refractivity contribution < 1.29 is 29.6 Å². The fourth-order valence-electron chi connectivity index (χ4n) is 9.76. The van der Waals surface area contributed by atoms with Crippen molar-refractivity contribution in [3.05, 3.63) is 23.8 Å². The average Bonchev–Trinajstić information content (AvgIpc) is 3.22. The maximum Gasteiger partial charge on any atom is 0.342 e. The van der Waals surface area contributed by atoms with Crippen molar-refractivity contribution in [1.29, 1.82) is 0 Å². The van der Waals surface area contributed by atoms with Gasteiger partial charge in [0.15, 0.2) is 5.75 Å². The molecular weight excluding hydrogens is 482 g/mol. The number of aromatic hydroxyl groups is 1. The molecule has 4 aliphatic carbocycles. The standard InChI is InChI=1S/C31H45NO6/c1-17(7-10-26(34)35)21-8-9-22-27-23(12-14-31(21,22)3)30(2)13-11-19(15-18(30)16-25(27)33)38-29(37)20-5-4-6-24(32)28(20)36/h4-6,17-19,21-23,25,27,33,36H,7-16,32H2,1-3H3,(H,34,35)/t17-,18?,19-,21-,22+,23+,25-,27+,30+,31-/m1/s1. The second kappa shape index (κ2) is 10.0. The predicted molar refractivity (Wildman–Crippen MR) is 144 cm³/mol. The summed E-state index contributed by atoms with van der Waals surface area (Å²) in [6.07, 6.45) is 8.11. The third-order valence-corrected chi connectivity index (χ3v) is 11.8. The van der Waals surface area contributed by atoms with Gasteiger partial charge < -0.3 is 25.8 Å². The number of carbonyl (C=O) groups is 2. The Morgan fingerprint density at radius 2 is 1.79 bits per heavy atom. The molecule has 1 aromatic carbocycles. The molecule has 4 fully saturated rings. The number of nitrogens with two attached hydrogens (primary N) is 1. The van der Waals surface area contributed by atoms with E-state index in [-0.39, 0.29) is 58.3 Å². The fraction of sp³-hybridized carbons (Fsp3) is 0.742. The van der Waals surface area contributed by atoms with E-state index >= 15 is 0 Å². The molecular formula is C31H45NO6. The minimum Gasteiger partial charge on any atom is -0.505 e. The number of fused-ring (bicyclic) bond motifs is 5. The zero-order valence-corrected chi connectivity index (χ0v) is 23.1. The van der Waals surface area contributed by atoms with Crippen molar-refractivity contribution in [3.8, 4) is 5.75 Å². The van der Waals surface area contributed by atoms with Crippen LogP contribution in [0.4, 0.5) is 5.69 Å². The normalized spacial score (nSPS) is 40.9. The lowest BCUT2D eigenvalue weighted by Gasteiger charge is -2.62. The van der Waals surface area contributed by atoms with Crippen molar-refractivity contribution >= 4 is 17.6 Å². The summed E-state index contributed by atoms with van der Waals surface area (Å²) in [6.45, 7) is 7.06. The Labute approximate surface area is 226 Å². The number of esters is 1. The van der Waals surface area contributed by atoms with Gasteiger partial charge in [-0.25, -0.2) is 4.79 Å². The molecule has 7 nitrogen and oxygen atoms in total. The minimum atomic E-state index is -0.715. The summed E-state index contributed by atoms with van der Waals surface area (Å²) in [4.78, 5) is 24.0. The number of benzene rings is 1. The topological polar surface area (TPSA) is 130 Å². The molecule has 1 unspecified atom stereocenters. The van der Waals surface area contributed by atoms with E-state index in [1.54, 1.807) is 12.1 Å². The van der Waals surface area contributed by atoms with E-state index in [1.165, 1.54) is 6.07 Å². The third-order valence-electron chi connectivity index (χ3n) is 11.8. The summed E-state index contributed by atoms with van der Waals surface area (Å²) in [6, 6.07) is 4.72. The maximum atomic E-state index is 12.8. The van der Waals surface area contributed by atoms with Crippen molar-refractivity contribution in [2.24, 2.45) is 46.3 Å². The van der Waals surface area contributed by atoms with Crippen molar-refractivity contribution in [3.63, 3.8) is 0 Å². The number of hydrogen-bond donors (Lipinski definition) is 4. The number of nitrogen functional groups attached to an aromatic ring is 1. The molecule has 0 radical (unpaired) electrons. The SMILES string of the molecule is C[C@H](CCC(=O)O)[C@H]1CC[C@H]2[C@@H]3[C@H](O)CC4C[C@H](OC(=O)c5cccc(N)c5O)CC[C@]4(C)[C@H]3CC[C@]12C. The van der Waals surface area contributed by atoms with E-state index in [0.717, 1.165) is 57.8 Å². The first-order chi connectivity index (χ1) is 18.0. The van der Waals surface area contributed by atoms with E-state index in [9.17, 15) is 24.9 Å². The van der Waals surface area contributed by atoms with Crippen LogP contribution in [0, 0.1) is 46.3 Å². The van der Waals surface area contributed by atoms with Crippen LogP contribution in [0.15, 0.2) is 18.2 Å². The predicted octanol–water partition coefficient (Wildman–Crippen LogP) is 5.63. The smallest absolute Gasteiger partial charge is 0.342 e. The number of carboxylic acid groups (broad SMARTS) is 1. The molecule has 7 heteroatoms. The highest BCUT2D eigenvalue weighted by molar-refractivity contribution is 5.94. The molecule has 4 aliphatic rings. The first-order valence-corrected chi connectivity index (χ1v) is 14.6. The van der Waals surface area contributed by atoms with Gasteiger partial charge in [0.1, 0.15) is 11.7 Å². The molecule has 38 heavy (non-hydrogen) atoms. The number of aliphatic hydroxyl groups excluding tert-OH is 1. The molecule has 0 bridgehead atoms. The number of hydrogen-bond acceptors (Lipinski definition) is 6. The molecule has 0 spiro atoms. The zero-order chi connectivity index (χ0) is 27.4. The van der Waals surface area contributed by atoms with Crippen molar-refractivity contribution in [2.45, 2.75) is 97.2 Å². The van der Waals surface area contributed by atoms with E-state index in [4.69, 9.17) is 10.5 Å². The first kappa shape index (κ1) is 27.3. The van der Waals surface area contributed by atoms with E-state index in [1.807, 2.05) is 0 Å². The molecule has 5 N–H and O–H groups in total. The summed E-state index contributed by atoms with van der Waals surface area (Å²) in [7, 11) is 0. The number of rotatable bonds is 6. The Morgan fingerprint density at radius 3 is 2.53 bits per heavy atom. The molecule has 210 valence electrons. The minimum absolute atomic E-state index is 0.0991. The van der Waals surface area contributed by atoms with E-state index in [0.29, 0.717) is 23.7 Å². The number of anilines is 1. The van der Waals surface area contributed by atoms with Gasteiger partial charge in [0, 0.05) is 6.42 Å². The number of aliphatic hydroxyl groups is 1. The van der Waals surface area contributed by atoms with Gasteiger partial charge in [-0.05, 0) is 116 Å². The third kappa shape index (κ3) is 4.48. The lowest BCUT2D eigenvalue weighted by atomic mass is 9.43. The van der Waals surface area contributed by atoms with Gasteiger partial charge in [0.2, 0.25) is 0 Å². The Hall–Kier alpha value is -2.28. The van der Waals surface area contributed by atoms with Crippen LogP contribution in [0.1, 0.15) is 95.3 Å². The molecule has 0 aliphatic heterocycles. The van der Waals surface area contributed by atoms with Crippen LogP contribution in [-0.4, -0.2) is 39.5 Å². The number of para-hydroxylation sites is 1. The Kier molecular flexibility index (Phi) is 7.21. The fourth-order valence-corrected chi connectivity index (χ4v) is 9.76. The second-order valence-corrected chi connectivity index (χ2v) is 13.5. The van der Waals surface area contributed by atoms with Crippen LogP contribution in [0.25, 0.3) is 0 Å². The van der Waals surface area contributed by atoms with Crippen molar-refractivity contribution in [2.75, 3.05) is 5.73 Å². The van der Waals surface area contributed by atoms with Crippen LogP contribution >= 0.6 is 0 Å². The molecule has 10 atom stereocenters. The number of carbonyl (C=O) groups excluding carboxylic acids is 1. The molecule has 0 heterocycles. The molecule has 5 rings (SSSR count). The number of phenolic OH excluding ortho intramolecular Hbond substituents is 1. The molecule has 1 aromatic rings. The summed E-state index contributed by atoms with van der Waals surface area (Å²) >= 11 is 0.